The summed E-state index contributed by atoms with van der Waals surface area (Å²) in [6.45, 7) is 0. The lowest BCUT2D eigenvalue weighted by Crippen LogP contribution is -2.17. The minimum absolute atomic E-state index is 0.344. The largest absolute Gasteiger partial charge is 0.457 e. The second-order valence-electron chi connectivity index (χ2n) is 5.70. The highest BCUT2D eigenvalue weighted by molar-refractivity contribution is 8.00. The van der Waals surface area contributed by atoms with Crippen LogP contribution in [-0.2, 0) is 0 Å². The van der Waals surface area contributed by atoms with Crippen molar-refractivity contribution in [3.63, 3.8) is 0 Å². The van der Waals surface area contributed by atoms with Gasteiger partial charge in [0.05, 0.1) is 6.21 Å². The first-order valence-electron chi connectivity index (χ1n) is 8.60. The first-order chi connectivity index (χ1) is 14.3. The van der Waals surface area contributed by atoms with Crippen LogP contribution >= 0.6 is 23.1 Å². The summed E-state index contributed by atoms with van der Waals surface area (Å²) >= 11 is 2.97. The Morgan fingerprint density at radius 1 is 1.10 bits per heavy atom. The van der Waals surface area contributed by atoms with Gasteiger partial charge in [0.2, 0.25) is 0 Å². The number of hydrazone groups is 1. The molecular weight excluding hydrogens is 406 g/mol. The van der Waals surface area contributed by atoms with E-state index in [9.17, 15) is 4.79 Å². The fourth-order valence-corrected chi connectivity index (χ4v) is 3.87. The van der Waals surface area contributed by atoms with Gasteiger partial charge in [0.1, 0.15) is 17.3 Å². The molecule has 29 heavy (non-hydrogen) atoms. The maximum atomic E-state index is 12.3. The first kappa shape index (κ1) is 19.0. The summed E-state index contributed by atoms with van der Waals surface area (Å²) in [6, 6.07) is 19.9. The molecule has 0 fully saturated rings. The number of nitrogens with zero attached hydrogens (tertiary/aromatic N) is 2. The third kappa shape index (κ3) is 5.34. The average molecular weight is 422 g/mol. The number of carbonyl (C=O) groups excluding carboxylic acids is 1. The summed E-state index contributed by atoms with van der Waals surface area (Å²) in [7, 11) is 0. The average Bonchev–Trinajstić information content (AvgIpc) is 3.41. The summed E-state index contributed by atoms with van der Waals surface area (Å²) in [5.41, 5.74) is 2.93. The van der Waals surface area contributed by atoms with Crippen molar-refractivity contribution in [1.82, 2.24) is 10.4 Å². The Labute approximate surface area is 175 Å². The van der Waals surface area contributed by atoms with E-state index in [-0.39, 0.29) is 5.91 Å². The van der Waals surface area contributed by atoms with Gasteiger partial charge in [-0.2, -0.15) is 5.10 Å². The summed E-state index contributed by atoms with van der Waals surface area (Å²) in [5.74, 6) is 1.46. The van der Waals surface area contributed by atoms with Gasteiger partial charge >= 0.3 is 0 Å². The summed E-state index contributed by atoms with van der Waals surface area (Å²) in [6.07, 6.45) is 3.20. The number of hydrogen-bond acceptors (Lipinski definition) is 7. The lowest BCUT2D eigenvalue weighted by molar-refractivity contribution is 0.0955. The molecule has 0 atom stereocenters. The molecule has 0 spiro atoms. The van der Waals surface area contributed by atoms with E-state index in [1.807, 2.05) is 41.8 Å². The smallest absolute Gasteiger partial charge is 0.271 e. The Balaban J connectivity index is 1.35. The number of amides is 1. The molecule has 4 rings (SSSR count). The molecule has 0 aliphatic heterocycles. The van der Waals surface area contributed by atoms with Crippen molar-refractivity contribution >= 4 is 35.2 Å². The molecule has 4 aromatic rings. The van der Waals surface area contributed by atoms with Crippen molar-refractivity contribution in [2.24, 2.45) is 5.10 Å². The predicted octanol–water partition coefficient (Wildman–Crippen LogP) is 5.44. The van der Waals surface area contributed by atoms with Crippen LogP contribution in [0.1, 0.15) is 16.1 Å². The Morgan fingerprint density at radius 3 is 2.79 bits per heavy atom. The number of nitrogens with one attached hydrogen (secondary N) is 1. The van der Waals surface area contributed by atoms with Crippen molar-refractivity contribution in [1.29, 1.82) is 0 Å². The predicted molar refractivity (Wildman–Crippen MR) is 113 cm³/mol. The van der Waals surface area contributed by atoms with Crippen LogP contribution in [0, 0.1) is 0 Å². The first-order valence-corrected chi connectivity index (χ1v) is 10.3. The maximum Gasteiger partial charge on any atom is 0.271 e. The molecule has 0 aliphatic rings. The standard InChI is InChI=1S/C21H15N3O3S2/c25-20(15-5-4-8-17(13-15)26-16-6-2-1-3-7-16)24-23-14-18-9-10-19(27-18)29-21-22-11-12-28-21/h1-14H,(H,24,25)/b23-14+. The molecule has 0 saturated carbocycles. The van der Waals surface area contributed by atoms with Crippen LogP contribution < -0.4 is 10.2 Å². The van der Waals surface area contributed by atoms with E-state index in [1.165, 1.54) is 29.3 Å². The van der Waals surface area contributed by atoms with E-state index in [1.54, 1.807) is 36.5 Å². The molecule has 0 bridgehead atoms. The number of para-hydroxylation sites is 1. The van der Waals surface area contributed by atoms with Gasteiger partial charge in [-0.1, -0.05) is 24.3 Å². The van der Waals surface area contributed by atoms with E-state index in [2.05, 4.69) is 15.5 Å². The summed E-state index contributed by atoms with van der Waals surface area (Å²) < 4.78 is 12.3. The molecular formula is C21H15N3O3S2. The Bertz CT molecular complexity index is 1110. The van der Waals surface area contributed by atoms with Gasteiger partial charge < -0.3 is 9.15 Å². The number of rotatable bonds is 7. The molecule has 2 aromatic carbocycles. The monoisotopic (exact) mass is 421 g/mol. The van der Waals surface area contributed by atoms with E-state index in [4.69, 9.17) is 9.15 Å². The number of benzene rings is 2. The van der Waals surface area contributed by atoms with Crippen molar-refractivity contribution < 1.29 is 13.9 Å². The fourth-order valence-electron chi connectivity index (χ4n) is 2.35. The molecule has 8 heteroatoms. The van der Waals surface area contributed by atoms with Crippen LogP contribution in [0.5, 0.6) is 11.5 Å². The Morgan fingerprint density at radius 2 is 1.97 bits per heavy atom. The summed E-state index contributed by atoms with van der Waals surface area (Å²) in [4.78, 5) is 16.5. The molecule has 0 unspecified atom stereocenters. The normalized spacial score (nSPS) is 10.9. The van der Waals surface area contributed by atoms with Crippen LogP contribution in [0.3, 0.4) is 0 Å². The van der Waals surface area contributed by atoms with Gasteiger partial charge in [-0.25, -0.2) is 10.4 Å². The lowest BCUT2D eigenvalue weighted by Gasteiger charge is -2.06. The van der Waals surface area contributed by atoms with Crippen LogP contribution in [0.25, 0.3) is 0 Å². The van der Waals surface area contributed by atoms with Gasteiger partial charge in [-0.15, -0.1) is 11.3 Å². The van der Waals surface area contributed by atoms with E-state index in [0.717, 1.165) is 4.34 Å². The molecule has 144 valence electrons. The molecule has 2 aromatic heterocycles. The minimum Gasteiger partial charge on any atom is -0.457 e. The third-order valence-electron chi connectivity index (χ3n) is 3.63. The second-order valence-corrected chi connectivity index (χ2v) is 7.85. The molecule has 2 heterocycles. The highest BCUT2D eigenvalue weighted by Crippen LogP contribution is 2.30. The molecule has 0 saturated heterocycles. The molecule has 0 radical (unpaired) electrons. The van der Waals surface area contributed by atoms with Crippen molar-refractivity contribution in [2.45, 2.75) is 9.43 Å². The number of ether oxygens (including phenoxy) is 1. The van der Waals surface area contributed by atoms with Crippen molar-refractivity contribution in [2.75, 3.05) is 0 Å². The zero-order chi connectivity index (χ0) is 19.9. The van der Waals surface area contributed by atoms with E-state index >= 15 is 0 Å². The number of aromatic nitrogens is 1. The molecule has 6 nitrogen and oxygen atoms in total. The van der Waals surface area contributed by atoms with E-state index in [0.29, 0.717) is 27.9 Å². The van der Waals surface area contributed by atoms with Gasteiger partial charge in [-0.3, -0.25) is 4.79 Å². The van der Waals surface area contributed by atoms with Gasteiger partial charge in [0.25, 0.3) is 5.91 Å². The second kappa shape index (κ2) is 9.22. The van der Waals surface area contributed by atoms with Crippen LogP contribution in [-0.4, -0.2) is 17.1 Å². The number of carbonyl (C=O) groups is 1. The zero-order valence-corrected chi connectivity index (χ0v) is 16.7. The van der Waals surface area contributed by atoms with Gasteiger partial charge in [0.15, 0.2) is 9.43 Å². The molecule has 1 N–H and O–H groups in total. The van der Waals surface area contributed by atoms with E-state index < -0.39 is 0 Å². The van der Waals surface area contributed by atoms with Crippen LogP contribution in [0.4, 0.5) is 0 Å². The number of furan rings is 1. The minimum atomic E-state index is -0.344. The SMILES string of the molecule is O=C(N/N=C/c1ccc(Sc2nccs2)o1)c1cccc(Oc2ccccc2)c1. The Hall–Kier alpha value is -3.36. The topological polar surface area (TPSA) is 76.7 Å². The highest BCUT2D eigenvalue weighted by Gasteiger charge is 2.07. The molecule has 0 aliphatic carbocycles. The quantitative estimate of drug-likeness (QED) is 0.317. The maximum absolute atomic E-state index is 12.3. The fraction of sp³-hybridized carbons (Fsp3) is 0. The third-order valence-corrected chi connectivity index (χ3v) is 5.44. The van der Waals surface area contributed by atoms with Gasteiger partial charge in [0, 0.05) is 17.1 Å². The lowest BCUT2D eigenvalue weighted by atomic mass is 10.2. The van der Waals surface area contributed by atoms with Crippen LogP contribution in [0.15, 0.2) is 97.3 Å². The van der Waals surface area contributed by atoms with Crippen molar-refractivity contribution in [3.05, 3.63) is 89.6 Å². The molecule has 1 amide bonds. The summed E-state index contributed by atoms with van der Waals surface area (Å²) in [5, 5.41) is 6.57. The van der Waals surface area contributed by atoms with Crippen LogP contribution in [0.2, 0.25) is 0 Å². The zero-order valence-electron chi connectivity index (χ0n) is 15.0. The highest BCUT2D eigenvalue weighted by atomic mass is 32.2. The Kier molecular flexibility index (Phi) is 6.04. The van der Waals surface area contributed by atoms with Gasteiger partial charge in [-0.05, 0) is 54.2 Å². The van der Waals surface area contributed by atoms with Crippen molar-refractivity contribution in [3.8, 4) is 11.5 Å². The number of hydrogen-bond donors (Lipinski definition) is 1. The number of thiazole rings is 1.